The molecule has 1 aliphatic heterocycles. The second-order valence-electron chi connectivity index (χ2n) is 4.61. The first kappa shape index (κ1) is 13.5. The van der Waals surface area contributed by atoms with Crippen LogP contribution in [0.25, 0.3) is 0 Å². The first-order chi connectivity index (χ1) is 9.18. The molecule has 102 valence electrons. The third kappa shape index (κ3) is 3.51. The Balaban J connectivity index is 1.90. The number of nitro benzene ring substituents is 1. The summed E-state index contributed by atoms with van der Waals surface area (Å²) in [6.45, 7) is 1.56. The van der Waals surface area contributed by atoms with Gasteiger partial charge in [0.05, 0.1) is 4.92 Å². The molecule has 0 aromatic heterocycles. The summed E-state index contributed by atoms with van der Waals surface area (Å²) in [5.41, 5.74) is -0.0362. The lowest BCUT2D eigenvalue weighted by atomic mass is 10.1. The largest absolute Gasteiger partial charge is 0.352 e. The van der Waals surface area contributed by atoms with Gasteiger partial charge in [-0.15, -0.1) is 0 Å². The van der Waals surface area contributed by atoms with E-state index in [1.54, 1.807) is 12.1 Å². The van der Waals surface area contributed by atoms with Crippen molar-refractivity contribution in [3.05, 3.63) is 39.9 Å². The van der Waals surface area contributed by atoms with E-state index in [9.17, 15) is 14.9 Å². The van der Waals surface area contributed by atoms with E-state index < -0.39 is 4.92 Å². The minimum atomic E-state index is -0.534. The van der Waals surface area contributed by atoms with Gasteiger partial charge in [0, 0.05) is 18.7 Å². The summed E-state index contributed by atoms with van der Waals surface area (Å²) in [4.78, 5) is 22.2. The molecule has 1 aromatic carbocycles. The van der Waals surface area contributed by atoms with E-state index in [-0.39, 0.29) is 17.2 Å². The van der Waals surface area contributed by atoms with Crippen LogP contribution in [0.1, 0.15) is 29.6 Å². The van der Waals surface area contributed by atoms with Crippen LogP contribution in [0.15, 0.2) is 24.3 Å². The fraction of sp³-hybridized carbons (Fsp3) is 0.462. The van der Waals surface area contributed by atoms with Crippen LogP contribution < -0.4 is 10.6 Å². The molecule has 2 rings (SSSR count). The maximum Gasteiger partial charge on any atom is 0.282 e. The minimum Gasteiger partial charge on any atom is -0.352 e. The molecule has 0 saturated carbocycles. The third-order valence-corrected chi connectivity index (χ3v) is 3.29. The van der Waals surface area contributed by atoms with Gasteiger partial charge in [-0.3, -0.25) is 14.9 Å². The average molecular weight is 263 g/mol. The van der Waals surface area contributed by atoms with Gasteiger partial charge in [-0.1, -0.05) is 12.1 Å². The van der Waals surface area contributed by atoms with Gasteiger partial charge in [0.15, 0.2) is 0 Å². The third-order valence-electron chi connectivity index (χ3n) is 3.29. The number of nitrogens with one attached hydrogen (secondary N) is 2. The second-order valence-corrected chi connectivity index (χ2v) is 4.61. The Hall–Kier alpha value is -1.95. The van der Waals surface area contributed by atoms with Crippen LogP contribution in [0.2, 0.25) is 0 Å². The highest BCUT2D eigenvalue weighted by molar-refractivity contribution is 5.98. The lowest BCUT2D eigenvalue weighted by Crippen LogP contribution is -2.30. The summed E-state index contributed by atoms with van der Waals surface area (Å²) >= 11 is 0. The first-order valence-electron chi connectivity index (χ1n) is 6.43. The zero-order valence-corrected chi connectivity index (χ0v) is 10.6. The number of rotatable bonds is 5. The van der Waals surface area contributed by atoms with Gasteiger partial charge in [-0.05, 0) is 31.9 Å². The van der Waals surface area contributed by atoms with Crippen molar-refractivity contribution in [1.82, 2.24) is 10.6 Å². The molecule has 1 heterocycles. The molecule has 0 bridgehead atoms. The fourth-order valence-electron chi connectivity index (χ4n) is 2.28. The molecule has 1 atom stereocenters. The molecule has 1 aromatic rings. The van der Waals surface area contributed by atoms with Crippen molar-refractivity contribution in [3.63, 3.8) is 0 Å². The van der Waals surface area contributed by atoms with Gasteiger partial charge in [0.25, 0.3) is 11.6 Å². The number of para-hydroxylation sites is 1. The van der Waals surface area contributed by atoms with Crippen molar-refractivity contribution in [2.75, 3.05) is 13.1 Å². The Labute approximate surface area is 111 Å². The maximum atomic E-state index is 11.9. The minimum absolute atomic E-state index is 0.117. The molecule has 1 fully saturated rings. The molecule has 6 heteroatoms. The van der Waals surface area contributed by atoms with E-state index in [0.717, 1.165) is 19.4 Å². The van der Waals surface area contributed by atoms with E-state index >= 15 is 0 Å². The summed E-state index contributed by atoms with van der Waals surface area (Å²) in [6, 6.07) is 6.44. The highest BCUT2D eigenvalue weighted by atomic mass is 16.6. The van der Waals surface area contributed by atoms with Gasteiger partial charge >= 0.3 is 0 Å². The van der Waals surface area contributed by atoms with Gasteiger partial charge < -0.3 is 10.6 Å². The molecule has 6 nitrogen and oxygen atoms in total. The van der Waals surface area contributed by atoms with Gasteiger partial charge in [0.2, 0.25) is 0 Å². The summed E-state index contributed by atoms with van der Waals surface area (Å²) in [5.74, 6) is -0.384. The molecule has 0 radical (unpaired) electrons. The number of nitro groups is 1. The van der Waals surface area contributed by atoms with Crippen LogP contribution in [-0.2, 0) is 0 Å². The van der Waals surface area contributed by atoms with Crippen LogP contribution in [0.5, 0.6) is 0 Å². The highest BCUT2D eigenvalue weighted by Crippen LogP contribution is 2.17. The fourth-order valence-corrected chi connectivity index (χ4v) is 2.28. The smallest absolute Gasteiger partial charge is 0.282 e. The molecule has 1 aliphatic rings. The van der Waals surface area contributed by atoms with Crippen molar-refractivity contribution in [2.24, 2.45) is 0 Å². The first-order valence-corrected chi connectivity index (χ1v) is 6.43. The predicted octanol–water partition coefficient (Wildman–Crippen LogP) is 1.47. The SMILES string of the molecule is O=C(NCC[C@H]1CCCN1)c1ccccc1[N+](=O)[O-]. The van der Waals surface area contributed by atoms with Crippen molar-refractivity contribution in [2.45, 2.75) is 25.3 Å². The molecule has 2 N–H and O–H groups in total. The number of carbonyl (C=O) groups excluding carboxylic acids is 1. The number of hydrogen-bond acceptors (Lipinski definition) is 4. The van der Waals surface area contributed by atoms with Crippen molar-refractivity contribution >= 4 is 11.6 Å². The van der Waals surface area contributed by atoms with Crippen molar-refractivity contribution in [1.29, 1.82) is 0 Å². The Bertz CT molecular complexity index is 470. The Kier molecular flexibility index (Phi) is 4.46. The van der Waals surface area contributed by atoms with Crippen LogP contribution in [-0.4, -0.2) is 30.0 Å². The van der Waals surface area contributed by atoms with Gasteiger partial charge in [-0.25, -0.2) is 0 Å². The quantitative estimate of drug-likeness (QED) is 0.622. The number of amides is 1. The molecular formula is C13H17N3O3. The number of nitrogens with zero attached hydrogens (tertiary/aromatic N) is 1. The van der Waals surface area contributed by atoms with E-state index in [0.29, 0.717) is 12.6 Å². The van der Waals surface area contributed by atoms with Crippen LogP contribution in [0, 0.1) is 10.1 Å². The molecule has 19 heavy (non-hydrogen) atoms. The Morgan fingerprint density at radius 1 is 1.47 bits per heavy atom. The number of hydrogen-bond donors (Lipinski definition) is 2. The standard InChI is InChI=1S/C13H17N3O3/c17-13(15-9-7-10-4-3-8-14-10)11-5-1-2-6-12(11)16(18)19/h1-2,5-6,10,14H,3-4,7-9H2,(H,15,17)/t10-/m1/s1. The van der Waals surface area contributed by atoms with E-state index in [2.05, 4.69) is 10.6 Å². The van der Waals surface area contributed by atoms with Crippen molar-refractivity contribution < 1.29 is 9.72 Å². The highest BCUT2D eigenvalue weighted by Gasteiger charge is 2.19. The van der Waals surface area contributed by atoms with Crippen LogP contribution in [0.3, 0.4) is 0 Å². The second kappa shape index (κ2) is 6.29. The Morgan fingerprint density at radius 3 is 2.95 bits per heavy atom. The summed E-state index contributed by atoms with van der Waals surface area (Å²) in [7, 11) is 0. The summed E-state index contributed by atoms with van der Waals surface area (Å²) in [6.07, 6.45) is 3.15. The molecule has 0 unspecified atom stereocenters. The van der Waals surface area contributed by atoms with Crippen LogP contribution >= 0.6 is 0 Å². The summed E-state index contributed by atoms with van der Waals surface area (Å²) < 4.78 is 0. The Morgan fingerprint density at radius 2 is 2.26 bits per heavy atom. The molecule has 1 amide bonds. The molecular weight excluding hydrogens is 246 g/mol. The van der Waals surface area contributed by atoms with Gasteiger partial charge in [0.1, 0.15) is 5.56 Å². The van der Waals surface area contributed by atoms with Gasteiger partial charge in [-0.2, -0.15) is 0 Å². The molecule has 0 spiro atoms. The van der Waals surface area contributed by atoms with Crippen molar-refractivity contribution in [3.8, 4) is 0 Å². The predicted molar refractivity (Wildman–Crippen MR) is 71.1 cm³/mol. The average Bonchev–Trinajstić information content (AvgIpc) is 2.91. The summed E-state index contributed by atoms with van der Waals surface area (Å²) in [5, 5.41) is 16.9. The number of carbonyl (C=O) groups is 1. The van der Waals surface area contributed by atoms with E-state index in [1.165, 1.54) is 18.6 Å². The van der Waals surface area contributed by atoms with E-state index in [1.807, 2.05) is 0 Å². The molecule has 1 saturated heterocycles. The molecule has 0 aliphatic carbocycles. The monoisotopic (exact) mass is 263 g/mol. The topological polar surface area (TPSA) is 84.3 Å². The van der Waals surface area contributed by atoms with Crippen LogP contribution in [0.4, 0.5) is 5.69 Å². The lowest BCUT2D eigenvalue weighted by molar-refractivity contribution is -0.385. The lowest BCUT2D eigenvalue weighted by Gasteiger charge is -2.10. The number of benzene rings is 1. The maximum absolute atomic E-state index is 11.9. The zero-order chi connectivity index (χ0) is 13.7. The van der Waals surface area contributed by atoms with E-state index in [4.69, 9.17) is 0 Å². The normalized spacial score (nSPS) is 18.2. The zero-order valence-electron chi connectivity index (χ0n) is 10.6.